The molecule has 0 saturated carbocycles. The predicted octanol–water partition coefficient (Wildman–Crippen LogP) is 1.88. The molecule has 2 aromatic rings. The molecule has 160 valence electrons. The van der Waals surface area contributed by atoms with Crippen molar-refractivity contribution in [3.05, 3.63) is 34.4 Å². The number of morpholine rings is 1. The second-order valence-electron chi connectivity index (χ2n) is 8.70. The van der Waals surface area contributed by atoms with Crippen LogP contribution in [0.5, 0.6) is 0 Å². The number of anilines is 1. The van der Waals surface area contributed by atoms with E-state index in [-0.39, 0.29) is 18.0 Å². The van der Waals surface area contributed by atoms with E-state index in [2.05, 4.69) is 26.8 Å². The smallest absolute Gasteiger partial charge is 0.225 e. The molecule has 1 amide bonds. The summed E-state index contributed by atoms with van der Waals surface area (Å²) >= 11 is 0. The minimum absolute atomic E-state index is 0.126. The lowest BCUT2D eigenvalue weighted by Gasteiger charge is -2.36. The van der Waals surface area contributed by atoms with E-state index in [4.69, 9.17) is 9.72 Å². The average molecular weight is 411 g/mol. The lowest BCUT2D eigenvalue weighted by molar-refractivity contribution is -0.134. The Balaban J connectivity index is 1.32. The van der Waals surface area contributed by atoms with Crippen molar-refractivity contribution in [1.82, 2.24) is 24.6 Å². The lowest BCUT2D eigenvalue weighted by Crippen LogP contribution is -2.43. The molecule has 5 rings (SSSR count). The van der Waals surface area contributed by atoms with Crippen LogP contribution in [0.4, 0.5) is 5.95 Å². The van der Waals surface area contributed by atoms with E-state index in [0.29, 0.717) is 6.42 Å². The summed E-state index contributed by atoms with van der Waals surface area (Å²) in [4.78, 5) is 27.1. The number of fused-ring (bicyclic) bond motifs is 4. The number of hydrogen-bond acceptors (Lipinski definition) is 6. The number of aromatic nitrogens is 4. The number of carbonyl (C=O) groups excluding carboxylic acids is 1. The van der Waals surface area contributed by atoms with E-state index >= 15 is 0 Å². The second kappa shape index (κ2) is 7.65. The summed E-state index contributed by atoms with van der Waals surface area (Å²) < 4.78 is 7.34. The van der Waals surface area contributed by atoms with Gasteiger partial charge in [-0.1, -0.05) is 0 Å². The first-order chi connectivity index (χ1) is 14.5. The SMILES string of the molecule is Cc1nn(C)c(C)c1CCC(=O)N1[C@@H]2CC[C@H]1c1cnc(N3CCOCC3)nc1C2. The van der Waals surface area contributed by atoms with Crippen molar-refractivity contribution in [2.24, 2.45) is 7.05 Å². The molecule has 8 heteroatoms. The number of nitrogens with zero attached hydrogens (tertiary/aromatic N) is 6. The third-order valence-corrected chi connectivity index (χ3v) is 7.01. The minimum Gasteiger partial charge on any atom is -0.378 e. The fraction of sp³-hybridized carbons (Fsp3) is 0.636. The van der Waals surface area contributed by atoms with Gasteiger partial charge in [-0.3, -0.25) is 9.48 Å². The van der Waals surface area contributed by atoms with Crippen LogP contribution in [0.2, 0.25) is 0 Å². The van der Waals surface area contributed by atoms with Crippen molar-refractivity contribution in [3.8, 4) is 0 Å². The molecule has 3 aliphatic heterocycles. The summed E-state index contributed by atoms with van der Waals surface area (Å²) in [5.74, 6) is 1.05. The van der Waals surface area contributed by atoms with Crippen molar-refractivity contribution < 1.29 is 9.53 Å². The van der Waals surface area contributed by atoms with E-state index < -0.39 is 0 Å². The molecular formula is C22H30N6O2. The van der Waals surface area contributed by atoms with E-state index in [9.17, 15) is 4.79 Å². The van der Waals surface area contributed by atoms with Gasteiger partial charge < -0.3 is 14.5 Å². The van der Waals surface area contributed by atoms with Crippen LogP contribution in [0.25, 0.3) is 0 Å². The molecule has 0 radical (unpaired) electrons. The van der Waals surface area contributed by atoms with E-state index in [1.54, 1.807) is 0 Å². The maximum absolute atomic E-state index is 13.2. The van der Waals surface area contributed by atoms with E-state index in [0.717, 1.165) is 80.6 Å². The zero-order valence-electron chi connectivity index (χ0n) is 18.1. The van der Waals surface area contributed by atoms with Crippen LogP contribution < -0.4 is 4.90 Å². The highest BCUT2D eigenvalue weighted by Crippen LogP contribution is 2.43. The fourth-order valence-corrected chi connectivity index (χ4v) is 5.30. The standard InChI is InChI=1S/C22H30N6O2/c1-14-17(15(2)26(3)25-14)5-7-21(29)28-16-4-6-20(28)18-13-23-22(24-19(18)12-16)27-8-10-30-11-9-27/h13,16,20H,4-12H2,1-3H3/t16-,20+/m1/s1. The van der Waals surface area contributed by atoms with Crippen LogP contribution in [-0.2, 0) is 29.4 Å². The third-order valence-electron chi connectivity index (χ3n) is 7.01. The normalized spacial score (nSPS) is 23.0. The molecule has 8 nitrogen and oxygen atoms in total. The molecule has 2 aromatic heterocycles. The Morgan fingerprint density at radius 3 is 2.77 bits per heavy atom. The molecule has 30 heavy (non-hydrogen) atoms. The maximum Gasteiger partial charge on any atom is 0.225 e. The summed E-state index contributed by atoms with van der Waals surface area (Å²) in [6.07, 6.45) is 6.14. The lowest BCUT2D eigenvalue weighted by atomic mass is 9.98. The Morgan fingerprint density at radius 1 is 1.23 bits per heavy atom. The molecule has 2 bridgehead atoms. The van der Waals surface area contributed by atoms with Gasteiger partial charge in [0.15, 0.2) is 0 Å². The van der Waals surface area contributed by atoms with Gasteiger partial charge in [0.25, 0.3) is 0 Å². The van der Waals surface area contributed by atoms with Gasteiger partial charge in [-0.25, -0.2) is 9.97 Å². The van der Waals surface area contributed by atoms with Crippen molar-refractivity contribution in [3.63, 3.8) is 0 Å². The van der Waals surface area contributed by atoms with Gasteiger partial charge in [0.2, 0.25) is 11.9 Å². The molecule has 3 aliphatic rings. The topological polar surface area (TPSA) is 76.4 Å². The van der Waals surface area contributed by atoms with E-state index in [1.165, 1.54) is 5.56 Å². The summed E-state index contributed by atoms with van der Waals surface area (Å²) in [6.45, 7) is 7.22. The molecule has 2 atom stereocenters. The quantitative estimate of drug-likeness (QED) is 0.766. The largest absolute Gasteiger partial charge is 0.378 e. The minimum atomic E-state index is 0.126. The zero-order chi connectivity index (χ0) is 20.8. The second-order valence-corrected chi connectivity index (χ2v) is 8.70. The molecule has 0 spiro atoms. The van der Waals surface area contributed by atoms with Crippen molar-refractivity contribution in [1.29, 1.82) is 0 Å². The predicted molar refractivity (Wildman–Crippen MR) is 112 cm³/mol. The highest BCUT2D eigenvalue weighted by molar-refractivity contribution is 5.78. The number of carbonyl (C=O) groups is 1. The summed E-state index contributed by atoms with van der Waals surface area (Å²) in [5.41, 5.74) is 5.65. The first-order valence-corrected chi connectivity index (χ1v) is 11.0. The van der Waals surface area contributed by atoms with Gasteiger partial charge in [-0.05, 0) is 38.7 Å². The fourth-order valence-electron chi connectivity index (χ4n) is 5.30. The molecule has 2 saturated heterocycles. The van der Waals surface area contributed by atoms with Crippen LogP contribution >= 0.6 is 0 Å². The Labute approximate surface area is 177 Å². The Bertz CT molecular complexity index is 965. The van der Waals surface area contributed by atoms with Gasteiger partial charge in [0, 0.05) is 56.5 Å². The maximum atomic E-state index is 13.2. The number of aryl methyl sites for hydroxylation is 2. The molecule has 5 heterocycles. The molecule has 2 fully saturated rings. The molecule has 0 N–H and O–H groups in total. The average Bonchev–Trinajstić information content (AvgIpc) is 3.20. The summed E-state index contributed by atoms with van der Waals surface area (Å²) in [5, 5.41) is 4.48. The number of rotatable bonds is 4. The van der Waals surface area contributed by atoms with Crippen LogP contribution in [0.1, 0.15) is 53.5 Å². The molecular weight excluding hydrogens is 380 g/mol. The molecule has 0 aromatic carbocycles. The first kappa shape index (κ1) is 19.5. The summed E-state index contributed by atoms with van der Waals surface area (Å²) in [6, 6.07) is 0.389. The monoisotopic (exact) mass is 410 g/mol. The highest BCUT2D eigenvalue weighted by atomic mass is 16.5. The van der Waals surface area contributed by atoms with Crippen LogP contribution in [0, 0.1) is 13.8 Å². The van der Waals surface area contributed by atoms with Gasteiger partial charge in [0.05, 0.1) is 30.6 Å². The van der Waals surface area contributed by atoms with Gasteiger partial charge >= 0.3 is 0 Å². The summed E-state index contributed by atoms with van der Waals surface area (Å²) in [7, 11) is 1.96. The van der Waals surface area contributed by atoms with Crippen LogP contribution in [0.3, 0.4) is 0 Å². The van der Waals surface area contributed by atoms with Crippen LogP contribution in [0.15, 0.2) is 6.20 Å². The Morgan fingerprint density at radius 2 is 2.03 bits per heavy atom. The number of amides is 1. The Kier molecular flexibility index (Phi) is 4.97. The zero-order valence-corrected chi connectivity index (χ0v) is 18.1. The molecule has 0 unspecified atom stereocenters. The number of hydrogen-bond donors (Lipinski definition) is 0. The van der Waals surface area contributed by atoms with E-state index in [1.807, 2.05) is 24.9 Å². The van der Waals surface area contributed by atoms with Crippen molar-refractivity contribution in [2.45, 2.75) is 58.0 Å². The highest BCUT2D eigenvalue weighted by Gasteiger charge is 2.43. The van der Waals surface area contributed by atoms with Crippen LogP contribution in [-0.4, -0.2) is 62.9 Å². The molecule has 0 aliphatic carbocycles. The van der Waals surface area contributed by atoms with Crippen molar-refractivity contribution >= 4 is 11.9 Å². The Hall–Kier alpha value is -2.48. The van der Waals surface area contributed by atoms with Gasteiger partial charge in [0.1, 0.15) is 0 Å². The van der Waals surface area contributed by atoms with Crippen molar-refractivity contribution in [2.75, 3.05) is 31.2 Å². The van der Waals surface area contributed by atoms with Gasteiger partial charge in [-0.2, -0.15) is 5.10 Å². The third kappa shape index (κ3) is 3.27. The first-order valence-electron chi connectivity index (χ1n) is 11.0. The number of ether oxygens (including phenoxy) is 1. The van der Waals surface area contributed by atoms with Gasteiger partial charge in [-0.15, -0.1) is 0 Å².